The number of hydrogen-bond acceptors (Lipinski definition) is 6. The van der Waals surface area contributed by atoms with E-state index >= 15 is 0 Å². The van der Waals surface area contributed by atoms with E-state index < -0.39 is 30.5 Å². The number of nitrogens with zero attached hydrogens (tertiary/aromatic N) is 2. The van der Waals surface area contributed by atoms with Gasteiger partial charge in [-0.25, -0.2) is 4.39 Å². The first-order valence-electron chi connectivity index (χ1n) is 10.3. The SMILES string of the molecule is Cc1cc(C(=O)N2CCC3(c4ncccc4F)OCOC3C2)ccc1OCCOC(F)(F)F. The molecule has 0 bridgehead atoms. The molecule has 3 heterocycles. The fourth-order valence-electron chi connectivity index (χ4n) is 4.13. The number of aromatic nitrogens is 1. The van der Waals surface area contributed by atoms with Gasteiger partial charge in [-0.05, 0) is 42.8 Å². The lowest BCUT2D eigenvalue weighted by Gasteiger charge is -2.41. The van der Waals surface area contributed by atoms with Crippen LogP contribution in [0.25, 0.3) is 0 Å². The molecule has 2 aliphatic rings. The number of pyridine rings is 1. The first-order chi connectivity index (χ1) is 15.7. The van der Waals surface area contributed by atoms with Gasteiger partial charge in [0.15, 0.2) is 0 Å². The molecule has 33 heavy (non-hydrogen) atoms. The van der Waals surface area contributed by atoms with Gasteiger partial charge in [-0.1, -0.05) is 0 Å². The van der Waals surface area contributed by atoms with Crippen LogP contribution in [0.3, 0.4) is 0 Å². The number of hydrogen-bond donors (Lipinski definition) is 0. The highest BCUT2D eigenvalue weighted by atomic mass is 19.4. The third-order valence-corrected chi connectivity index (χ3v) is 5.72. The molecule has 0 spiro atoms. The molecule has 178 valence electrons. The van der Waals surface area contributed by atoms with Crippen LogP contribution in [0.2, 0.25) is 0 Å². The van der Waals surface area contributed by atoms with E-state index in [1.165, 1.54) is 24.4 Å². The van der Waals surface area contributed by atoms with Crippen molar-refractivity contribution in [2.24, 2.45) is 0 Å². The smallest absolute Gasteiger partial charge is 0.491 e. The number of piperidine rings is 1. The molecule has 1 aromatic carbocycles. The molecule has 11 heteroatoms. The van der Waals surface area contributed by atoms with E-state index in [2.05, 4.69) is 9.72 Å². The summed E-state index contributed by atoms with van der Waals surface area (Å²) in [7, 11) is 0. The summed E-state index contributed by atoms with van der Waals surface area (Å²) in [6.45, 7) is 1.24. The van der Waals surface area contributed by atoms with Crippen LogP contribution in [-0.4, -0.2) is 61.4 Å². The fourth-order valence-corrected chi connectivity index (χ4v) is 4.13. The Morgan fingerprint density at radius 3 is 2.85 bits per heavy atom. The van der Waals surface area contributed by atoms with Crippen molar-refractivity contribution in [3.63, 3.8) is 0 Å². The normalized spacial score (nSPS) is 22.8. The van der Waals surface area contributed by atoms with E-state index in [0.717, 1.165) is 0 Å². The zero-order valence-electron chi connectivity index (χ0n) is 17.7. The Morgan fingerprint density at radius 2 is 2.12 bits per heavy atom. The monoisotopic (exact) mass is 470 g/mol. The number of alkyl halides is 3. The number of rotatable bonds is 6. The van der Waals surface area contributed by atoms with Crippen molar-refractivity contribution in [1.29, 1.82) is 0 Å². The van der Waals surface area contributed by atoms with Crippen LogP contribution in [0.4, 0.5) is 17.6 Å². The lowest BCUT2D eigenvalue weighted by molar-refractivity contribution is -0.325. The molecule has 1 aromatic heterocycles. The van der Waals surface area contributed by atoms with Crippen LogP contribution in [0, 0.1) is 12.7 Å². The molecule has 0 aliphatic carbocycles. The number of amides is 1. The van der Waals surface area contributed by atoms with Crippen LogP contribution < -0.4 is 4.74 Å². The molecular weight excluding hydrogens is 448 g/mol. The van der Waals surface area contributed by atoms with Gasteiger partial charge in [0.05, 0.1) is 13.2 Å². The molecule has 2 atom stereocenters. The third-order valence-electron chi connectivity index (χ3n) is 5.72. The molecular formula is C22H22F4N2O5. The van der Waals surface area contributed by atoms with Gasteiger partial charge in [-0.15, -0.1) is 13.2 Å². The minimum absolute atomic E-state index is 0.0219. The molecule has 2 aromatic rings. The highest BCUT2D eigenvalue weighted by Crippen LogP contribution is 2.42. The predicted molar refractivity (Wildman–Crippen MR) is 106 cm³/mol. The van der Waals surface area contributed by atoms with Crippen molar-refractivity contribution >= 4 is 5.91 Å². The number of likely N-dealkylation sites (tertiary alicyclic amines) is 1. The first-order valence-corrected chi connectivity index (χ1v) is 10.3. The number of halogens is 4. The highest BCUT2D eigenvalue weighted by Gasteiger charge is 2.53. The second kappa shape index (κ2) is 9.24. The van der Waals surface area contributed by atoms with Gasteiger partial charge in [-0.2, -0.15) is 0 Å². The van der Waals surface area contributed by atoms with E-state index in [-0.39, 0.29) is 31.5 Å². The standard InChI is InChI=1S/C22H22F4N2O5/c1-14-11-15(4-5-17(14)30-9-10-32-22(24,25)26)20(29)28-8-6-21(18(12-28)31-13-33-21)19-16(23)3-2-7-27-19/h2-5,7,11,18H,6,8-10,12-13H2,1H3. The Kier molecular flexibility index (Phi) is 6.55. The van der Waals surface area contributed by atoms with Gasteiger partial charge >= 0.3 is 6.36 Å². The van der Waals surface area contributed by atoms with E-state index in [9.17, 15) is 22.4 Å². The van der Waals surface area contributed by atoms with Crippen molar-refractivity contribution < 1.29 is 41.3 Å². The second-order valence-corrected chi connectivity index (χ2v) is 7.76. The zero-order valence-corrected chi connectivity index (χ0v) is 17.7. The number of carbonyl (C=O) groups excluding carboxylic acids is 1. The number of aryl methyl sites for hydroxylation is 1. The molecule has 2 unspecified atom stereocenters. The van der Waals surface area contributed by atoms with Gasteiger partial charge in [0, 0.05) is 24.7 Å². The van der Waals surface area contributed by atoms with Gasteiger partial charge in [0.1, 0.15) is 42.4 Å². The van der Waals surface area contributed by atoms with E-state index in [1.54, 1.807) is 24.0 Å². The average Bonchev–Trinajstić information content (AvgIpc) is 3.20. The number of benzene rings is 1. The molecule has 0 saturated carbocycles. The number of carbonyl (C=O) groups is 1. The summed E-state index contributed by atoms with van der Waals surface area (Å²) < 4.78 is 71.0. The van der Waals surface area contributed by atoms with E-state index in [4.69, 9.17) is 14.2 Å². The quantitative estimate of drug-likeness (QED) is 0.475. The highest BCUT2D eigenvalue weighted by molar-refractivity contribution is 5.94. The topological polar surface area (TPSA) is 70.1 Å². The number of fused-ring (bicyclic) bond motifs is 1. The molecule has 7 nitrogen and oxygen atoms in total. The third kappa shape index (κ3) is 4.94. The molecule has 4 rings (SSSR count). The molecule has 2 fully saturated rings. The van der Waals surface area contributed by atoms with Gasteiger partial charge in [0.2, 0.25) is 0 Å². The molecule has 0 radical (unpaired) electrons. The van der Waals surface area contributed by atoms with Crippen LogP contribution in [0.15, 0.2) is 36.5 Å². The summed E-state index contributed by atoms with van der Waals surface area (Å²) in [6, 6.07) is 7.49. The minimum atomic E-state index is -4.71. The van der Waals surface area contributed by atoms with Gasteiger partial charge in [0.25, 0.3) is 5.91 Å². The largest absolute Gasteiger partial charge is 0.522 e. The van der Waals surface area contributed by atoms with Crippen molar-refractivity contribution in [2.75, 3.05) is 33.1 Å². The lowest BCUT2D eigenvalue weighted by Crippen LogP contribution is -2.54. The van der Waals surface area contributed by atoms with Crippen molar-refractivity contribution in [3.8, 4) is 5.75 Å². The van der Waals surface area contributed by atoms with Crippen molar-refractivity contribution in [1.82, 2.24) is 9.88 Å². The Bertz CT molecular complexity index is 1020. The Hall–Kier alpha value is -2.76. The van der Waals surface area contributed by atoms with Crippen molar-refractivity contribution in [3.05, 3.63) is 59.2 Å². The van der Waals surface area contributed by atoms with Crippen LogP contribution in [0.5, 0.6) is 5.75 Å². The average molecular weight is 470 g/mol. The summed E-state index contributed by atoms with van der Waals surface area (Å²) in [4.78, 5) is 18.8. The van der Waals surface area contributed by atoms with Crippen LogP contribution in [0.1, 0.15) is 28.0 Å². The maximum absolute atomic E-state index is 14.4. The summed E-state index contributed by atoms with van der Waals surface area (Å²) >= 11 is 0. The van der Waals surface area contributed by atoms with E-state index in [0.29, 0.717) is 29.8 Å². The lowest BCUT2D eigenvalue weighted by atomic mass is 9.84. The summed E-state index contributed by atoms with van der Waals surface area (Å²) in [5.41, 5.74) is 0.109. The Balaban J connectivity index is 1.41. The maximum Gasteiger partial charge on any atom is 0.522 e. The van der Waals surface area contributed by atoms with Gasteiger partial charge < -0.3 is 19.1 Å². The second-order valence-electron chi connectivity index (χ2n) is 7.76. The Labute approximate surface area is 187 Å². The van der Waals surface area contributed by atoms with E-state index in [1.807, 2.05) is 0 Å². The van der Waals surface area contributed by atoms with Crippen LogP contribution >= 0.6 is 0 Å². The first kappa shape index (κ1) is 23.4. The molecule has 1 amide bonds. The summed E-state index contributed by atoms with van der Waals surface area (Å²) in [6.07, 6.45) is -3.48. The fraction of sp³-hybridized carbons (Fsp3) is 0.455. The van der Waals surface area contributed by atoms with Crippen molar-refractivity contribution in [2.45, 2.75) is 31.4 Å². The number of ether oxygens (including phenoxy) is 4. The predicted octanol–water partition coefficient (Wildman–Crippen LogP) is 3.56. The Morgan fingerprint density at radius 1 is 1.30 bits per heavy atom. The summed E-state index contributed by atoms with van der Waals surface area (Å²) in [5, 5.41) is 0. The van der Waals surface area contributed by atoms with Crippen LogP contribution in [-0.2, 0) is 19.8 Å². The molecule has 0 N–H and O–H groups in total. The molecule has 2 saturated heterocycles. The molecule has 2 aliphatic heterocycles. The summed E-state index contributed by atoms with van der Waals surface area (Å²) in [5.74, 6) is -0.386. The zero-order chi connectivity index (χ0) is 23.6. The maximum atomic E-state index is 14.4. The van der Waals surface area contributed by atoms with Gasteiger partial charge in [-0.3, -0.25) is 14.5 Å². The minimum Gasteiger partial charge on any atom is -0.491 e.